The number of rotatable bonds is 5. The Bertz CT molecular complexity index is 611. The summed E-state index contributed by atoms with van der Waals surface area (Å²) in [5.41, 5.74) is -0.0798. The highest BCUT2D eigenvalue weighted by Crippen LogP contribution is 2.18. The van der Waals surface area contributed by atoms with E-state index in [0.717, 1.165) is 0 Å². The van der Waals surface area contributed by atoms with Gasteiger partial charge in [0.05, 0.1) is 4.92 Å². The van der Waals surface area contributed by atoms with Crippen LogP contribution in [0.25, 0.3) is 0 Å². The first kappa shape index (κ1) is 14.2. The predicted octanol–water partition coefficient (Wildman–Crippen LogP) is 3.02. The number of benzene rings is 1. The molecule has 0 aliphatic rings. The first-order valence-electron chi connectivity index (χ1n) is 6.14. The third-order valence-corrected chi connectivity index (χ3v) is 3.71. The summed E-state index contributed by atoms with van der Waals surface area (Å²) in [5.74, 6) is -0.415. The van der Waals surface area contributed by atoms with Crippen LogP contribution in [0.2, 0.25) is 0 Å². The smallest absolute Gasteiger partial charge is 0.282 e. The lowest BCUT2D eigenvalue weighted by Gasteiger charge is -2.13. The van der Waals surface area contributed by atoms with Gasteiger partial charge in [-0.3, -0.25) is 14.9 Å². The SMILES string of the molecule is CC(Cc1cccs1)NC(=O)c1ccccc1[N+](=O)[O-]. The van der Waals surface area contributed by atoms with Crippen molar-refractivity contribution in [2.45, 2.75) is 19.4 Å². The number of carbonyl (C=O) groups is 1. The van der Waals surface area contributed by atoms with Gasteiger partial charge in [-0.1, -0.05) is 18.2 Å². The average molecular weight is 290 g/mol. The lowest BCUT2D eigenvalue weighted by Crippen LogP contribution is -2.34. The molecule has 2 aromatic rings. The van der Waals surface area contributed by atoms with E-state index < -0.39 is 10.8 Å². The molecule has 104 valence electrons. The molecule has 1 unspecified atom stereocenters. The predicted molar refractivity (Wildman–Crippen MR) is 78.0 cm³/mol. The minimum Gasteiger partial charge on any atom is -0.349 e. The number of nitrogens with one attached hydrogen (secondary N) is 1. The number of nitrogens with zero attached hydrogens (tertiary/aromatic N) is 1. The van der Waals surface area contributed by atoms with E-state index in [9.17, 15) is 14.9 Å². The van der Waals surface area contributed by atoms with E-state index >= 15 is 0 Å². The number of hydrogen-bond donors (Lipinski definition) is 1. The molecule has 2 rings (SSSR count). The maximum atomic E-state index is 12.1. The summed E-state index contributed by atoms with van der Waals surface area (Å²) >= 11 is 1.62. The van der Waals surface area contributed by atoms with Gasteiger partial charge in [-0.05, 0) is 24.4 Å². The quantitative estimate of drug-likeness (QED) is 0.679. The molecule has 1 aromatic carbocycles. The second-order valence-electron chi connectivity index (χ2n) is 4.43. The fourth-order valence-electron chi connectivity index (χ4n) is 1.91. The Kier molecular flexibility index (Phi) is 4.47. The summed E-state index contributed by atoms with van der Waals surface area (Å²) in [5, 5.41) is 15.7. The van der Waals surface area contributed by atoms with Crippen molar-refractivity contribution in [3.05, 3.63) is 62.3 Å². The third kappa shape index (κ3) is 3.42. The van der Waals surface area contributed by atoms with Crippen LogP contribution in [0.15, 0.2) is 41.8 Å². The molecular weight excluding hydrogens is 276 g/mol. The summed E-state index contributed by atoms with van der Waals surface area (Å²) in [6.07, 6.45) is 0.712. The van der Waals surface area contributed by atoms with E-state index in [1.165, 1.54) is 17.0 Å². The zero-order chi connectivity index (χ0) is 14.5. The van der Waals surface area contributed by atoms with Gasteiger partial charge in [-0.2, -0.15) is 0 Å². The number of nitro benzene ring substituents is 1. The van der Waals surface area contributed by atoms with E-state index in [0.29, 0.717) is 6.42 Å². The molecule has 0 saturated carbocycles. The monoisotopic (exact) mass is 290 g/mol. The van der Waals surface area contributed by atoms with Crippen molar-refractivity contribution in [3.63, 3.8) is 0 Å². The number of nitro groups is 1. The Morgan fingerprint density at radius 1 is 1.35 bits per heavy atom. The summed E-state index contributed by atoms with van der Waals surface area (Å²) in [6, 6.07) is 9.83. The van der Waals surface area contributed by atoms with Gasteiger partial charge < -0.3 is 5.32 Å². The van der Waals surface area contributed by atoms with Gasteiger partial charge in [0.1, 0.15) is 5.56 Å². The maximum Gasteiger partial charge on any atom is 0.282 e. The number of para-hydroxylation sites is 1. The average Bonchev–Trinajstić information content (AvgIpc) is 2.91. The number of amides is 1. The molecule has 0 bridgehead atoms. The Hall–Kier alpha value is -2.21. The van der Waals surface area contributed by atoms with E-state index in [2.05, 4.69) is 5.32 Å². The van der Waals surface area contributed by atoms with E-state index in [4.69, 9.17) is 0 Å². The topological polar surface area (TPSA) is 72.2 Å². The second-order valence-corrected chi connectivity index (χ2v) is 5.46. The summed E-state index contributed by atoms with van der Waals surface area (Å²) in [6.45, 7) is 1.88. The molecule has 0 radical (unpaired) electrons. The summed E-state index contributed by atoms with van der Waals surface area (Å²) < 4.78 is 0. The highest BCUT2D eigenvalue weighted by Gasteiger charge is 2.20. The van der Waals surface area contributed by atoms with Crippen LogP contribution in [-0.4, -0.2) is 16.9 Å². The Balaban J connectivity index is 2.06. The molecule has 1 atom stereocenters. The van der Waals surface area contributed by atoms with Gasteiger partial charge in [0, 0.05) is 23.4 Å². The van der Waals surface area contributed by atoms with Crippen LogP contribution in [0.5, 0.6) is 0 Å². The van der Waals surface area contributed by atoms with Gasteiger partial charge >= 0.3 is 0 Å². The highest BCUT2D eigenvalue weighted by molar-refractivity contribution is 7.09. The maximum absolute atomic E-state index is 12.1. The molecule has 5 nitrogen and oxygen atoms in total. The highest BCUT2D eigenvalue weighted by atomic mass is 32.1. The number of carbonyl (C=O) groups excluding carboxylic acids is 1. The third-order valence-electron chi connectivity index (χ3n) is 2.81. The van der Waals surface area contributed by atoms with Crippen LogP contribution < -0.4 is 5.32 Å². The normalized spacial score (nSPS) is 11.8. The molecule has 1 aromatic heterocycles. The van der Waals surface area contributed by atoms with Crippen LogP contribution >= 0.6 is 11.3 Å². The number of hydrogen-bond acceptors (Lipinski definition) is 4. The van der Waals surface area contributed by atoms with Crippen molar-refractivity contribution in [2.75, 3.05) is 0 Å². The van der Waals surface area contributed by atoms with E-state index in [1.807, 2.05) is 24.4 Å². The zero-order valence-corrected chi connectivity index (χ0v) is 11.7. The molecule has 0 fully saturated rings. The Labute approximate surface area is 120 Å². The fourth-order valence-corrected chi connectivity index (χ4v) is 2.74. The van der Waals surface area contributed by atoms with Gasteiger partial charge in [0.15, 0.2) is 0 Å². The molecule has 0 aliphatic carbocycles. The fraction of sp³-hybridized carbons (Fsp3) is 0.214. The van der Waals surface area contributed by atoms with Crippen molar-refractivity contribution in [1.29, 1.82) is 0 Å². The van der Waals surface area contributed by atoms with Crippen molar-refractivity contribution >= 4 is 22.9 Å². The molecule has 20 heavy (non-hydrogen) atoms. The minimum atomic E-state index is -0.543. The van der Waals surface area contributed by atoms with Gasteiger partial charge in [-0.25, -0.2) is 0 Å². The minimum absolute atomic E-state index is 0.0824. The van der Waals surface area contributed by atoms with E-state index in [-0.39, 0.29) is 17.3 Å². The standard InChI is InChI=1S/C14H14N2O3S/c1-10(9-11-5-4-8-20-11)15-14(17)12-6-2-3-7-13(12)16(18)19/h2-8,10H,9H2,1H3,(H,15,17). The van der Waals surface area contributed by atoms with Gasteiger partial charge in [0.2, 0.25) is 0 Å². The van der Waals surface area contributed by atoms with Crippen molar-refractivity contribution in [1.82, 2.24) is 5.32 Å². The van der Waals surface area contributed by atoms with Gasteiger partial charge in [0.25, 0.3) is 11.6 Å². The molecule has 1 N–H and O–H groups in total. The molecule has 0 saturated heterocycles. The van der Waals surface area contributed by atoms with Crippen LogP contribution in [-0.2, 0) is 6.42 Å². The van der Waals surface area contributed by atoms with Crippen LogP contribution in [0.3, 0.4) is 0 Å². The van der Waals surface area contributed by atoms with Gasteiger partial charge in [-0.15, -0.1) is 11.3 Å². The Morgan fingerprint density at radius 3 is 2.75 bits per heavy atom. The zero-order valence-electron chi connectivity index (χ0n) is 10.9. The van der Waals surface area contributed by atoms with Crippen LogP contribution in [0.4, 0.5) is 5.69 Å². The first-order valence-corrected chi connectivity index (χ1v) is 7.02. The van der Waals surface area contributed by atoms with Crippen molar-refractivity contribution in [2.24, 2.45) is 0 Å². The summed E-state index contributed by atoms with van der Waals surface area (Å²) in [7, 11) is 0. The second kappa shape index (κ2) is 6.29. The van der Waals surface area contributed by atoms with Crippen LogP contribution in [0, 0.1) is 10.1 Å². The van der Waals surface area contributed by atoms with Crippen LogP contribution in [0.1, 0.15) is 22.2 Å². The summed E-state index contributed by atoms with van der Waals surface area (Å²) in [4.78, 5) is 23.6. The molecular formula is C14H14N2O3S. The lowest BCUT2D eigenvalue weighted by molar-refractivity contribution is -0.385. The Morgan fingerprint density at radius 2 is 2.10 bits per heavy atom. The first-order chi connectivity index (χ1) is 9.58. The van der Waals surface area contributed by atoms with E-state index in [1.54, 1.807) is 23.5 Å². The molecule has 1 heterocycles. The largest absolute Gasteiger partial charge is 0.349 e. The molecule has 1 amide bonds. The van der Waals surface area contributed by atoms with Crippen molar-refractivity contribution in [3.8, 4) is 0 Å². The molecule has 0 aliphatic heterocycles. The number of thiophene rings is 1. The lowest BCUT2D eigenvalue weighted by atomic mass is 10.1. The van der Waals surface area contributed by atoms with Crippen molar-refractivity contribution < 1.29 is 9.72 Å². The molecule has 6 heteroatoms. The molecule has 0 spiro atoms.